The van der Waals surface area contributed by atoms with Crippen LogP contribution in [-0.2, 0) is 6.42 Å². The lowest BCUT2D eigenvalue weighted by atomic mass is 10.0. The SMILES string of the molecule is COc1ccc2c(c1)C(N)C(N1CCCCCCC1)C2. The molecule has 2 atom stereocenters. The van der Waals surface area contributed by atoms with Crippen molar-refractivity contribution in [1.82, 2.24) is 4.90 Å². The van der Waals surface area contributed by atoms with Gasteiger partial charge >= 0.3 is 0 Å². The number of fused-ring (bicyclic) bond motifs is 1. The van der Waals surface area contributed by atoms with E-state index >= 15 is 0 Å². The molecule has 0 aromatic heterocycles. The minimum Gasteiger partial charge on any atom is -0.497 e. The van der Waals surface area contributed by atoms with Crippen LogP contribution in [0.15, 0.2) is 18.2 Å². The predicted molar refractivity (Wildman–Crippen MR) is 82.1 cm³/mol. The Bertz CT molecular complexity index is 452. The summed E-state index contributed by atoms with van der Waals surface area (Å²) in [6, 6.07) is 7.00. The predicted octanol–water partition coefficient (Wildman–Crippen LogP) is 2.89. The molecule has 0 amide bonds. The fraction of sp³-hybridized carbons (Fsp3) is 0.647. The van der Waals surface area contributed by atoms with Crippen molar-refractivity contribution in [1.29, 1.82) is 0 Å². The van der Waals surface area contributed by atoms with Crippen LogP contribution in [0.5, 0.6) is 5.75 Å². The lowest BCUT2D eigenvalue weighted by Crippen LogP contribution is -2.42. The third kappa shape index (κ3) is 2.70. The third-order valence-corrected chi connectivity index (χ3v) is 4.92. The summed E-state index contributed by atoms with van der Waals surface area (Å²) >= 11 is 0. The Balaban J connectivity index is 1.76. The first-order chi connectivity index (χ1) is 9.79. The topological polar surface area (TPSA) is 38.5 Å². The van der Waals surface area contributed by atoms with E-state index < -0.39 is 0 Å². The number of nitrogens with zero attached hydrogens (tertiary/aromatic N) is 1. The summed E-state index contributed by atoms with van der Waals surface area (Å²) in [7, 11) is 1.72. The molecule has 1 fully saturated rings. The number of likely N-dealkylation sites (tertiary alicyclic amines) is 1. The molecule has 1 saturated heterocycles. The summed E-state index contributed by atoms with van der Waals surface area (Å²) in [6.45, 7) is 2.42. The van der Waals surface area contributed by atoms with Crippen molar-refractivity contribution in [3.05, 3.63) is 29.3 Å². The van der Waals surface area contributed by atoms with Crippen molar-refractivity contribution in [2.75, 3.05) is 20.2 Å². The highest BCUT2D eigenvalue weighted by Gasteiger charge is 2.34. The Morgan fingerprint density at radius 3 is 2.50 bits per heavy atom. The zero-order valence-electron chi connectivity index (χ0n) is 12.5. The molecule has 1 aromatic rings. The summed E-state index contributed by atoms with van der Waals surface area (Å²) in [5, 5.41) is 0. The maximum Gasteiger partial charge on any atom is 0.119 e. The fourth-order valence-corrected chi connectivity index (χ4v) is 3.72. The quantitative estimate of drug-likeness (QED) is 0.901. The van der Waals surface area contributed by atoms with Gasteiger partial charge in [-0.15, -0.1) is 0 Å². The second-order valence-corrected chi connectivity index (χ2v) is 6.17. The van der Waals surface area contributed by atoms with Gasteiger partial charge in [0.1, 0.15) is 5.75 Å². The molecule has 0 spiro atoms. The van der Waals surface area contributed by atoms with Crippen LogP contribution in [0.2, 0.25) is 0 Å². The second kappa shape index (κ2) is 6.15. The van der Waals surface area contributed by atoms with Gasteiger partial charge in [0.2, 0.25) is 0 Å². The van der Waals surface area contributed by atoms with E-state index in [2.05, 4.69) is 23.1 Å². The van der Waals surface area contributed by atoms with Crippen molar-refractivity contribution in [2.45, 2.75) is 50.6 Å². The molecule has 0 saturated carbocycles. The fourth-order valence-electron chi connectivity index (χ4n) is 3.72. The molecule has 0 radical (unpaired) electrons. The summed E-state index contributed by atoms with van der Waals surface area (Å²) in [5.41, 5.74) is 9.23. The van der Waals surface area contributed by atoms with Gasteiger partial charge in [0.15, 0.2) is 0 Å². The van der Waals surface area contributed by atoms with Gasteiger partial charge in [-0.1, -0.05) is 25.3 Å². The van der Waals surface area contributed by atoms with E-state index in [1.807, 2.05) is 0 Å². The highest BCUT2D eigenvalue weighted by Crippen LogP contribution is 2.35. The van der Waals surface area contributed by atoms with Crippen LogP contribution in [0.1, 0.15) is 49.3 Å². The Hall–Kier alpha value is -1.06. The summed E-state index contributed by atoms with van der Waals surface area (Å²) < 4.78 is 5.34. The number of benzene rings is 1. The zero-order valence-corrected chi connectivity index (χ0v) is 12.5. The van der Waals surface area contributed by atoms with Crippen molar-refractivity contribution in [2.24, 2.45) is 5.73 Å². The highest BCUT2D eigenvalue weighted by atomic mass is 16.5. The minimum atomic E-state index is 0.138. The van der Waals surface area contributed by atoms with Gasteiger partial charge in [0, 0.05) is 12.1 Å². The highest BCUT2D eigenvalue weighted by molar-refractivity contribution is 5.42. The van der Waals surface area contributed by atoms with E-state index in [9.17, 15) is 0 Å². The van der Waals surface area contributed by atoms with Crippen LogP contribution in [0.3, 0.4) is 0 Å². The van der Waals surface area contributed by atoms with Crippen molar-refractivity contribution in [3.63, 3.8) is 0 Å². The maximum atomic E-state index is 6.54. The van der Waals surface area contributed by atoms with Crippen LogP contribution in [0.25, 0.3) is 0 Å². The van der Waals surface area contributed by atoms with E-state index in [0.29, 0.717) is 6.04 Å². The molecule has 3 rings (SSSR count). The Labute approximate surface area is 122 Å². The Kier molecular flexibility index (Phi) is 4.27. The first-order valence-corrected chi connectivity index (χ1v) is 7.96. The van der Waals surface area contributed by atoms with Crippen LogP contribution < -0.4 is 10.5 Å². The molecule has 1 heterocycles. The van der Waals surface area contributed by atoms with Gasteiger partial charge in [-0.3, -0.25) is 4.90 Å². The molecule has 20 heavy (non-hydrogen) atoms. The molecule has 2 aliphatic rings. The van der Waals surface area contributed by atoms with Gasteiger partial charge in [0.05, 0.1) is 7.11 Å². The normalized spacial score (nSPS) is 27.7. The number of rotatable bonds is 2. The molecule has 110 valence electrons. The Morgan fingerprint density at radius 1 is 1.10 bits per heavy atom. The molecular formula is C17H26N2O. The van der Waals surface area contributed by atoms with Crippen LogP contribution in [0.4, 0.5) is 0 Å². The minimum absolute atomic E-state index is 0.138. The number of methoxy groups -OCH3 is 1. The summed E-state index contributed by atoms with van der Waals surface area (Å²) in [6.07, 6.45) is 7.90. The van der Waals surface area contributed by atoms with E-state index in [-0.39, 0.29) is 6.04 Å². The van der Waals surface area contributed by atoms with Crippen molar-refractivity contribution in [3.8, 4) is 5.75 Å². The maximum absolute atomic E-state index is 6.54. The molecule has 1 aliphatic carbocycles. The zero-order chi connectivity index (χ0) is 13.9. The smallest absolute Gasteiger partial charge is 0.119 e. The van der Waals surface area contributed by atoms with Gasteiger partial charge in [0.25, 0.3) is 0 Å². The van der Waals surface area contributed by atoms with Crippen molar-refractivity contribution >= 4 is 0 Å². The molecule has 1 aliphatic heterocycles. The third-order valence-electron chi connectivity index (χ3n) is 4.92. The largest absolute Gasteiger partial charge is 0.497 e. The first-order valence-electron chi connectivity index (χ1n) is 7.96. The summed E-state index contributed by atoms with van der Waals surface area (Å²) in [5.74, 6) is 0.924. The number of ether oxygens (including phenoxy) is 1. The van der Waals surface area contributed by atoms with Crippen LogP contribution >= 0.6 is 0 Å². The van der Waals surface area contributed by atoms with E-state index in [1.54, 1.807) is 7.11 Å². The van der Waals surface area contributed by atoms with Crippen LogP contribution in [0, 0.1) is 0 Å². The van der Waals surface area contributed by atoms with E-state index in [1.165, 1.54) is 56.3 Å². The average Bonchev–Trinajstić information content (AvgIpc) is 2.75. The molecule has 1 aromatic carbocycles. The van der Waals surface area contributed by atoms with E-state index in [4.69, 9.17) is 10.5 Å². The lowest BCUT2D eigenvalue weighted by Gasteiger charge is -2.33. The standard InChI is InChI=1S/C17H26N2O/c1-20-14-8-7-13-11-16(17(18)15(13)12-14)19-9-5-3-2-4-6-10-19/h7-8,12,16-17H,2-6,9-11,18H2,1H3. The molecule has 3 nitrogen and oxygen atoms in total. The molecule has 0 bridgehead atoms. The van der Waals surface area contributed by atoms with E-state index in [0.717, 1.165) is 12.2 Å². The summed E-state index contributed by atoms with van der Waals surface area (Å²) in [4.78, 5) is 2.64. The number of hydrogen-bond acceptors (Lipinski definition) is 3. The van der Waals surface area contributed by atoms with Gasteiger partial charge in [-0.25, -0.2) is 0 Å². The van der Waals surface area contributed by atoms with Gasteiger partial charge in [-0.05, 0) is 55.6 Å². The lowest BCUT2D eigenvalue weighted by molar-refractivity contribution is 0.164. The average molecular weight is 274 g/mol. The second-order valence-electron chi connectivity index (χ2n) is 6.17. The Morgan fingerprint density at radius 2 is 1.80 bits per heavy atom. The molecular weight excluding hydrogens is 248 g/mol. The number of nitrogens with two attached hydrogens (primary N) is 1. The number of hydrogen-bond donors (Lipinski definition) is 1. The molecule has 2 N–H and O–H groups in total. The monoisotopic (exact) mass is 274 g/mol. The van der Waals surface area contributed by atoms with Gasteiger partial charge in [-0.2, -0.15) is 0 Å². The van der Waals surface area contributed by atoms with Crippen LogP contribution in [-0.4, -0.2) is 31.1 Å². The molecule has 2 unspecified atom stereocenters. The molecule has 3 heteroatoms. The first kappa shape index (κ1) is 13.9. The van der Waals surface area contributed by atoms with Crippen molar-refractivity contribution < 1.29 is 4.74 Å². The van der Waals surface area contributed by atoms with Gasteiger partial charge < -0.3 is 10.5 Å².